The quantitative estimate of drug-likeness (QED) is 0.863. The third kappa shape index (κ3) is 2.90. The van der Waals surface area contributed by atoms with Crippen LogP contribution in [0.1, 0.15) is 16.8 Å². The van der Waals surface area contributed by atoms with Gasteiger partial charge in [0.2, 0.25) is 0 Å². The van der Waals surface area contributed by atoms with Crippen molar-refractivity contribution in [3.63, 3.8) is 0 Å². The van der Waals surface area contributed by atoms with Gasteiger partial charge in [-0.15, -0.1) is 0 Å². The van der Waals surface area contributed by atoms with Crippen molar-refractivity contribution >= 4 is 21.7 Å². The molecule has 0 radical (unpaired) electrons. The average molecular weight is 284 g/mol. The van der Waals surface area contributed by atoms with Gasteiger partial charge in [-0.25, -0.2) is 0 Å². The summed E-state index contributed by atoms with van der Waals surface area (Å²) in [6, 6.07) is 7.66. The van der Waals surface area contributed by atoms with Crippen LogP contribution in [0.4, 0.5) is 0 Å². The largest absolute Gasteiger partial charge is 0.378 e. The Morgan fingerprint density at radius 1 is 1.50 bits per heavy atom. The Labute approximate surface area is 103 Å². The lowest BCUT2D eigenvalue weighted by Crippen LogP contribution is -2.42. The van der Waals surface area contributed by atoms with Gasteiger partial charge in [-0.1, -0.05) is 34.1 Å². The molecule has 1 heterocycles. The highest BCUT2D eigenvalue weighted by atomic mass is 79.9. The molecule has 2 rings (SSSR count). The van der Waals surface area contributed by atoms with E-state index >= 15 is 0 Å². The molecule has 3 nitrogen and oxygen atoms in total. The highest BCUT2D eigenvalue weighted by molar-refractivity contribution is 9.10. The van der Waals surface area contributed by atoms with Crippen molar-refractivity contribution in [1.82, 2.24) is 5.32 Å². The lowest BCUT2D eigenvalue weighted by molar-refractivity contribution is 0.0675. The van der Waals surface area contributed by atoms with Crippen LogP contribution in [-0.4, -0.2) is 31.6 Å². The van der Waals surface area contributed by atoms with Crippen molar-refractivity contribution in [2.24, 2.45) is 0 Å². The molecule has 1 aromatic rings. The maximum Gasteiger partial charge on any atom is 0.165 e. The summed E-state index contributed by atoms with van der Waals surface area (Å²) in [5.74, 6) is 0.149. The predicted molar refractivity (Wildman–Crippen MR) is 65.7 cm³/mol. The number of hydrogen-bond acceptors (Lipinski definition) is 3. The second-order valence-corrected chi connectivity index (χ2v) is 4.69. The number of Topliss-reactive ketones (excluding diaryl/α,β-unsaturated/α-hetero) is 1. The summed E-state index contributed by atoms with van der Waals surface area (Å²) in [6.45, 7) is 2.18. The summed E-state index contributed by atoms with van der Waals surface area (Å²) in [5, 5.41) is 3.28. The van der Waals surface area contributed by atoms with Gasteiger partial charge in [-0.2, -0.15) is 0 Å². The highest BCUT2D eigenvalue weighted by Gasteiger charge is 2.18. The molecular formula is C12H14BrNO2. The Bertz CT molecular complexity index is 375. The number of morpholine rings is 1. The SMILES string of the molecule is O=C(CC1COCCN1)c1ccccc1Br. The maximum absolute atomic E-state index is 12.0. The molecular weight excluding hydrogens is 270 g/mol. The molecule has 0 aliphatic carbocycles. The Morgan fingerprint density at radius 3 is 3.00 bits per heavy atom. The van der Waals surface area contributed by atoms with Crippen LogP contribution in [0.3, 0.4) is 0 Å². The van der Waals surface area contributed by atoms with Crippen molar-refractivity contribution in [1.29, 1.82) is 0 Å². The van der Waals surface area contributed by atoms with E-state index in [-0.39, 0.29) is 11.8 Å². The summed E-state index contributed by atoms with van der Waals surface area (Å²) in [4.78, 5) is 12.0. The Kier molecular flexibility index (Phi) is 4.09. The zero-order valence-electron chi connectivity index (χ0n) is 8.91. The summed E-state index contributed by atoms with van der Waals surface area (Å²) in [7, 11) is 0. The topological polar surface area (TPSA) is 38.3 Å². The zero-order chi connectivity index (χ0) is 11.4. The van der Waals surface area contributed by atoms with Crippen LogP contribution in [0.2, 0.25) is 0 Å². The van der Waals surface area contributed by atoms with Gasteiger partial charge in [0, 0.05) is 29.0 Å². The lowest BCUT2D eigenvalue weighted by Gasteiger charge is -2.23. The fourth-order valence-corrected chi connectivity index (χ4v) is 2.28. The molecule has 0 amide bonds. The zero-order valence-corrected chi connectivity index (χ0v) is 10.5. The lowest BCUT2D eigenvalue weighted by atomic mass is 10.0. The number of carbonyl (C=O) groups excluding carboxylic acids is 1. The smallest absolute Gasteiger partial charge is 0.165 e. The summed E-state index contributed by atoms with van der Waals surface area (Å²) in [5.41, 5.74) is 0.745. The van der Waals surface area contributed by atoms with E-state index < -0.39 is 0 Å². The van der Waals surface area contributed by atoms with E-state index in [1.54, 1.807) is 0 Å². The molecule has 1 aliphatic heterocycles. The van der Waals surface area contributed by atoms with Crippen molar-refractivity contribution in [2.45, 2.75) is 12.5 Å². The molecule has 1 aliphatic rings. The van der Waals surface area contributed by atoms with E-state index in [2.05, 4.69) is 21.2 Å². The number of benzene rings is 1. The first-order valence-electron chi connectivity index (χ1n) is 5.36. The van der Waals surface area contributed by atoms with Gasteiger partial charge in [-0.05, 0) is 6.07 Å². The first-order chi connectivity index (χ1) is 7.77. The number of ether oxygens (including phenoxy) is 1. The summed E-state index contributed by atoms with van der Waals surface area (Å²) < 4.78 is 6.18. The number of carbonyl (C=O) groups is 1. The summed E-state index contributed by atoms with van der Waals surface area (Å²) in [6.07, 6.45) is 0.489. The number of rotatable bonds is 3. The van der Waals surface area contributed by atoms with Gasteiger partial charge >= 0.3 is 0 Å². The molecule has 16 heavy (non-hydrogen) atoms. The van der Waals surface area contributed by atoms with Crippen LogP contribution in [0, 0.1) is 0 Å². The number of hydrogen-bond donors (Lipinski definition) is 1. The van der Waals surface area contributed by atoms with Gasteiger partial charge in [0.1, 0.15) is 0 Å². The van der Waals surface area contributed by atoms with Crippen LogP contribution in [0.15, 0.2) is 28.7 Å². The molecule has 86 valence electrons. The second-order valence-electron chi connectivity index (χ2n) is 3.83. The van der Waals surface area contributed by atoms with Gasteiger partial charge < -0.3 is 10.1 Å². The molecule has 0 spiro atoms. The average Bonchev–Trinajstić information content (AvgIpc) is 2.31. The minimum Gasteiger partial charge on any atom is -0.378 e. The molecule has 1 atom stereocenters. The van der Waals surface area contributed by atoms with Crippen LogP contribution in [-0.2, 0) is 4.74 Å². The molecule has 0 aromatic heterocycles. The van der Waals surface area contributed by atoms with Crippen LogP contribution in [0.5, 0.6) is 0 Å². The van der Waals surface area contributed by atoms with E-state index in [1.807, 2.05) is 24.3 Å². The fourth-order valence-electron chi connectivity index (χ4n) is 1.77. The first kappa shape index (κ1) is 11.8. The minimum absolute atomic E-state index is 0.147. The number of ketones is 1. The van der Waals surface area contributed by atoms with Crippen molar-refractivity contribution in [3.05, 3.63) is 34.3 Å². The molecule has 1 unspecified atom stereocenters. The van der Waals surface area contributed by atoms with E-state index in [9.17, 15) is 4.79 Å². The molecule has 0 saturated carbocycles. The second kappa shape index (κ2) is 5.57. The van der Waals surface area contributed by atoms with Gasteiger partial charge in [0.15, 0.2) is 5.78 Å². The van der Waals surface area contributed by atoms with Crippen LogP contribution < -0.4 is 5.32 Å². The van der Waals surface area contributed by atoms with Gasteiger partial charge in [0.25, 0.3) is 0 Å². The first-order valence-corrected chi connectivity index (χ1v) is 6.15. The third-order valence-corrected chi connectivity index (χ3v) is 3.30. The van der Waals surface area contributed by atoms with Crippen molar-refractivity contribution in [2.75, 3.05) is 19.8 Å². The Morgan fingerprint density at radius 2 is 2.31 bits per heavy atom. The Balaban J connectivity index is 2.00. The molecule has 1 N–H and O–H groups in total. The molecule has 1 aromatic carbocycles. The summed E-state index contributed by atoms with van der Waals surface area (Å²) >= 11 is 3.39. The number of halogens is 1. The molecule has 4 heteroatoms. The minimum atomic E-state index is 0.147. The molecule has 0 bridgehead atoms. The Hall–Kier alpha value is -0.710. The monoisotopic (exact) mass is 283 g/mol. The highest BCUT2D eigenvalue weighted by Crippen LogP contribution is 2.18. The number of nitrogens with one attached hydrogen (secondary N) is 1. The third-order valence-electron chi connectivity index (χ3n) is 2.60. The molecule has 1 fully saturated rings. The maximum atomic E-state index is 12.0. The molecule has 1 saturated heterocycles. The predicted octanol–water partition coefficient (Wildman–Crippen LogP) is 2.01. The standard InChI is InChI=1S/C12H14BrNO2/c13-11-4-2-1-3-10(11)12(15)7-9-8-16-6-5-14-9/h1-4,9,14H,5-8H2. The van der Waals surface area contributed by atoms with Crippen LogP contribution >= 0.6 is 15.9 Å². The van der Waals surface area contributed by atoms with E-state index in [0.717, 1.165) is 23.2 Å². The van der Waals surface area contributed by atoms with E-state index in [1.165, 1.54) is 0 Å². The van der Waals surface area contributed by atoms with E-state index in [0.29, 0.717) is 13.0 Å². The van der Waals surface area contributed by atoms with Crippen molar-refractivity contribution in [3.8, 4) is 0 Å². The normalized spacial score (nSPS) is 20.7. The fraction of sp³-hybridized carbons (Fsp3) is 0.417. The van der Waals surface area contributed by atoms with E-state index in [4.69, 9.17) is 4.74 Å². The van der Waals surface area contributed by atoms with Gasteiger partial charge in [0.05, 0.1) is 13.2 Å². The van der Waals surface area contributed by atoms with Crippen LogP contribution in [0.25, 0.3) is 0 Å². The van der Waals surface area contributed by atoms with Crippen molar-refractivity contribution < 1.29 is 9.53 Å². The van der Waals surface area contributed by atoms with Gasteiger partial charge in [-0.3, -0.25) is 4.79 Å².